The summed E-state index contributed by atoms with van der Waals surface area (Å²) in [6.45, 7) is 0.915. The summed E-state index contributed by atoms with van der Waals surface area (Å²) in [6.07, 6.45) is 3.93. The third-order valence-corrected chi connectivity index (χ3v) is 3.78. The first-order valence-corrected chi connectivity index (χ1v) is 6.90. The van der Waals surface area contributed by atoms with Crippen LogP contribution in [0.4, 0.5) is 17.5 Å². The van der Waals surface area contributed by atoms with Crippen LogP contribution in [0.5, 0.6) is 0 Å². The number of hydrazine groups is 1. The lowest BCUT2D eigenvalue weighted by Gasteiger charge is -2.30. The van der Waals surface area contributed by atoms with Crippen molar-refractivity contribution >= 4 is 28.5 Å². The van der Waals surface area contributed by atoms with Crippen LogP contribution in [0.25, 0.3) is 11.0 Å². The second-order valence-electron chi connectivity index (χ2n) is 5.03. The molecule has 3 heterocycles. The fraction of sp³-hybridized carbons (Fsp3) is 0.214. The summed E-state index contributed by atoms with van der Waals surface area (Å²) >= 11 is 0. The zero-order valence-electron chi connectivity index (χ0n) is 11.4. The molecule has 0 saturated heterocycles. The van der Waals surface area contributed by atoms with E-state index in [1.54, 1.807) is 6.20 Å². The van der Waals surface area contributed by atoms with Crippen LogP contribution in [0.2, 0.25) is 0 Å². The van der Waals surface area contributed by atoms with E-state index in [4.69, 9.17) is 5.84 Å². The smallest absolute Gasteiger partial charge is 0.241 e. The topological polar surface area (TPSA) is 95.7 Å². The van der Waals surface area contributed by atoms with Gasteiger partial charge in [0.05, 0.1) is 11.6 Å². The van der Waals surface area contributed by atoms with Gasteiger partial charge in [0.1, 0.15) is 5.82 Å². The van der Waals surface area contributed by atoms with Crippen LogP contribution in [0, 0.1) is 0 Å². The van der Waals surface area contributed by atoms with E-state index in [0.29, 0.717) is 11.6 Å². The van der Waals surface area contributed by atoms with E-state index in [9.17, 15) is 0 Å². The molecule has 4 N–H and O–H groups in total. The van der Waals surface area contributed by atoms with E-state index in [1.807, 2.05) is 6.07 Å². The highest BCUT2D eigenvalue weighted by atomic mass is 15.3. The summed E-state index contributed by atoms with van der Waals surface area (Å²) in [4.78, 5) is 11.0. The number of H-pyrrole nitrogens is 1. The SMILES string of the molecule is NNc1nc(N2CCCc3ccccc32)c2cn[nH]c2n1. The fourth-order valence-electron chi connectivity index (χ4n) is 2.84. The maximum atomic E-state index is 5.47. The molecular formula is C14H15N7. The minimum absolute atomic E-state index is 0.379. The van der Waals surface area contributed by atoms with Crippen molar-refractivity contribution in [3.05, 3.63) is 36.0 Å². The largest absolute Gasteiger partial charge is 0.325 e. The van der Waals surface area contributed by atoms with Crippen LogP contribution in [-0.2, 0) is 6.42 Å². The van der Waals surface area contributed by atoms with Gasteiger partial charge in [-0.2, -0.15) is 15.1 Å². The highest BCUT2D eigenvalue weighted by Crippen LogP contribution is 2.35. The molecule has 7 heteroatoms. The van der Waals surface area contributed by atoms with Crippen molar-refractivity contribution in [3.8, 4) is 0 Å². The third kappa shape index (κ3) is 1.90. The van der Waals surface area contributed by atoms with Crippen molar-refractivity contribution in [2.24, 2.45) is 5.84 Å². The lowest BCUT2D eigenvalue weighted by Crippen LogP contribution is -2.26. The number of para-hydroxylation sites is 1. The van der Waals surface area contributed by atoms with Gasteiger partial charge in [-0.3, -0.25) is 10.5 Å². The van der Waals surface area contributed by atoms with E-state index in [-0.39, 0.29) is 0 Å². The molecule has 7 nitrogen and oxygen atoms in total. The van der Waals surface area contributed by atoms with E-state index < -0.39 is 0 Å². The molecule has 0 amide bonds. The minimum Gasteiger partial charge on any atom is -0.325 e. The van der Waals surface area contributed by atoms with Gasteiger partial charge in [0, 0.05) is 12.2 Å². The Hall–Kier alpha value is -2.67. The Kier molecular flexibility index (Phi) is 2.71. The normalized spacial score (nSPS) is 14.2. The lowest BCUT2D eigenvalue weighted by atomic mass is 10.0. The Morgan fingerprint density at radius 2 is 2.14 bits per heavy atom. The molecule has 1 aromatic carbocycles. The number of hydrogen-bond acceptors (Lipinski definition) is 6. The molecule has 21 heavy (non-hydrogen) atoms. The summed E-state index contributed by atoms with van der Waals surface area (Å²) in [5.74, 6) is 6.68. The molecule has 0 atom stereocenters. The summed E-state index contributed by atoms with van der Waals surface area (Å²) in [7, 11) is 0. The number of aromatic amines is 1. The van der Waals surface area contributed by atoms with Crippen LogP contribution in [-0.4, -0.2) is 26.7 Å². The van der Waals surface area contributed by atoms with Crippen molar-refractivity contribution in [1.82, 2.24) is 20.2 Å². The second kappa shape index (κ2) is 4.71. The predicted molar refractivity (Wildman–Crippen MR) is 81.3 cm³/mol. The fourth-order valence-corrected chi connectivity index (χ4v) is 2.84. The zero-order chi connectivity index (χ0) is 14.2. The molecule has 0 spiro atoms. The number of aryl methyl sites for hydroxylation is 1. The number of aromatic nitrogens is 4. The van der Waals surface area contributed by atoms with Gasteiger partial charge in [-0.15, -0.1) is 0 Å². The van der Waals surface area contributed by atoms with Crippen molar-refractivity contribution in [3.63, 3.8) is 0 Å². The van der Waals surface area contributed by atoms with Crippen LogP contribution in [0.15, 0.2) is 30.5 Å². The van der Waals surface area contributed by atoms with Gasteiger partial charge < -0.3 is 4.90 Å². The van der Waals surface area contributed by atoms with E-state index in [2.05, 4.69) is 48.7 Å². The molecule has 3 aromatic rings. The molecule has 0 radical (unpaired) electrons. The lowest BCUT2D eigenvalue weighted by molar-refractivity contribution is 0.761. The Labute approximate surface area is 121 Å². The second-order valence-corrected chi connectivity index (χ2v) is 5.03. The van der Waals surface area contributed by atoms with E-state index in [1.165, 1.54) is 11.3 Å². The molecular weight excluding hydrogens is 266 g/mol. The molecule has 1 aliphatic rings. The number of anilines is 3. The molecule has 106 valence electrons. The molecule has 0 bridgehead atoms. The Balaban J connectivity index is 1.93. The highest BCUT2D eigenvalue weighted by Gasteiger charge is 2.22. The van der Waals surface area contributed by atoms with Gasteiger partial charge in [0.2, 0.25) is 5.95 Å². The van der Waals surface area contributed by atoms with Gasteiger partial charge in [0.15, 0.2) is 5.65 Å². The Morgan fingerprint density at radius 3 is 3.05 bits per heavy atom. The number of nitrogen functional groups attached to an aromatic ring is 1. The zero-order valence-corrected chi connectivity index (χ0v) is 11.4. The predicted octanol–water partition coefficient (Wildman–Crippen LogP) is 1.72. The molecule has 1 aliphatic heterocycles. The van der Waals surface area contributed by atoms with Gasteiger partial charge >= 0.3 is 0 Å². The molecule has 0 aliphatic carbocycles. The first-order chi connectivity index (χ1) is 10.4. The van der Waals surface area contributed by atoms with Crippen LogP contribution in [0.1, 0.15) is 12.0 Å². The van der Waals surface area contributed by atoms with Crippen molar-refractivity contribution < 1.29 is 0 Å². The average molecular weight is 281 g/mol. The van der Waals surface area contributed by atoms with Crippen LogP contribution < -0.4 is 16.2 Å². The summed E-state index contributed by atoms with van der Waals surface area (Å²) in [6, 6.07) is 8.41. The number of fused-ring (bicyclic) bond motifs is 2. The van der Waals surface area contributed by atoms with Crippen molar-refractivity contribution in [2.45, 2.75) is 12.8 Å². The van der Waals surface area contributed by atoms with Gasteiger partial charge in [0.25, 0.3) is 0 Å². The summed E-state index contributed by atoms with van der Waals surface area (Å²) < 4.78 is 0. The van der Waals surface area contributed by atoms with E-state index in [0.717, 1.165) is 30.6 Å². The quantitative estimate of drug-likeness (QED) is 0.489. The van der Waals surface area contributed by atoms with Gasteiger partial charge in [-0.25, -0.2) is 5.84 Å². The maximum absolute atomic E-state index is 5.47. The molecule has 2 aromatic heterocycles. The number of benzene rings is 1. The van der Waals surface area contributed by atoms with Crippen molar-refractivity contribution in [2.75, 3.05) is 16.9 Å². The van der Waals surface area contributed by atoms with Crippen LogP contribution in [0.3, 0.4) is 0 Å². The molecule has 0 saturated carbocycles. The van der Waals surface area contributed by atoms with Crippen LogP contribution >= 0.6 is 0 Å². The van der Waals surface area contributed by atoms with E-state index >= 15 is 0 Å². The number of hydrogen-bond donors (Lipinski definition) is 3. The molecule has 4 rings (SSSR count). The standard InChI is InChI=1S/C14H15N7/c15-19-14-17-12-10(8-16-20-12)13(18-14)21-7-3-5-9-4-1-2-6-11(9)21/h1-2,4,6,8H,3,5,7,15H2,(H2,16,17,18,19,20). The number of rotatable bonds is 2. The average Bonchev–Trinajstić information content (AvgIpc) is 3.02. The van der Waals surface area contributed by atoms with Gasteiger partial charge in [-0.05, 0) is 24.5 Å². The first-order valence-electron chi connectivity index (χ1n) is 6.90. The third-order valence-electron chi connectivity index (χ3n) is 3.78. The van der Waals surface area contributed by atoms with Gasteiger partial charge in [-0.1, -0.05) is 18.2 Å². The minimum atomic E-state index is 0.379. The number of nitrogens with zero attached hydrogens (tertiary/aromatic N) is 4. The monoisotopic (exact) mass is 281 g/mol. The van der Waals surface area contributed by atoms with Crippen molar-refractivity contribution in [1.29, 1.82) is 0 Å². The maximum Gasteiger partial charge on any atom is 0.241 e. The Morgan fingerprint density at radius 1 is 1.24 bits per heavy atom. The summed E-state index contributed by atoms with van der Waals surface area (Å²) in [5, 5.41) is 7.83. The summed E-state index contributed by atoms with van der Waals surface area (Å²) in [5.41, 5.74) is 5.71. The molecule has 0 unspecified atom stereocenters. The molecule has 0 fully saturated rings. The first kappa shape index (κ1) is 12.1. The highest BCUT2D eigenvalue weighted by molar-refractivity contribution is 5.90. The Bertz CT molecular complexity index is 795. The number of nitrogens with two attached hydrogens (primary N) is 1. The number of nitrogens with one attached hydrogen (secondary N) is 2.